The third-order valence-electron chi connectivity index (χ3n) is 2.75. The van der Waals surface area contributed by atoms with Gasteiger partial charge in [-0.15, -0.1) is 11.3 Å². The largest absolute Gasteiger partial charge is 0.383 e. The Kier molecular flexibility index (Phi) is 5.61. The van der Waals surface area contributed by atoms with Crippen LogP contribution in [0.25, 0.3) is 0 Å². The van der Waals surface area contributed by atoms with Crippen LogP contribution in [0, 0.1) is 0 Å². The van der Waals surface area contributed by atoms with Gasteiger partial charge in [0.15, 0.2) is 0 Å². The summed E-state index contributed by atoms with van der Waals surface area (Å²) in [5.74, 6) is -0.0732. The number of carbonyl (C=O) groups excluding carboxylic acids is 1. The van der Waals surface area contributed by atoms with E-state index in [1.807, 2.05) is 18.4 Å². The molecule has 1 amide bonds. The molecular weight excluding hydrogens is 236 g/mol. The summed E-state index contributed by atoms with van der Waals surface area (Å²) in [4.78, 5) is 14.9. The molecule has 0 saturated carbocycles. The SMILES string of the molecule is COCC(N)C(=O)N(C)C(C)Cc1cccs1. The number of hydrogen-bond acceptors (Lipinski definition) is 4. The van der Waals surface area contributed by atoms with Crippen LogP contribution in [-0.4, -0.2) is 43.7 Å². The van der Waals surface area contributed by atoms with E-state index < -0.39 is 6.04 Å². The monoisotopic (exact) mass is 256 g/mol. The first-order valence-corrected chi connectivity index (χ1v) is 6.47. The topological polar surface area (TPSA) is 55.6 Å². The van der Waals surface area contributed by atoms with Gasteiger partial charge in [0.25, 0.3) is 0 Å². The maximum atomic E-state index is 11.9. The van der Waals surface area contributed by atoms with E-state index in [-0.39, 0.29) is 18.6 Å². The second-order valence-corrected chi connectivity index (χ2v) is 5.18. The van der Waals surface area contributed by atoms with Crippen LogP contribution in [0.4, 0.5) is 0 Å². The molecule has 2 atom stereocenters. The molecular formula is C12H20N2O2S. The average Bonchev–Trinajstić information content (AvgIpc) is 2.80. The molecule has 0 aliphatic carbocycles. The lowest BCUT2D eigenvalue weighted by Crippen LogP contribution is -2.48. The van der Waals surface area contributed by atoms with E-state index in [1.165, 1.54) is 4.88 Å². The molecule has 0 aliphatic rings. The van der Waals surface area contributed by atoms with Crippen LogP contribution in [0.3, 0.4) is 0 Å². The Balaban J connectivity index is 2.51. The molecule has 0 saturated heterocycles. The van der Waals surface area contributed by atoms with E-state index in [1.54, 1.807) is 30.4 Å². The molecule has 0 fully saturated rings. The van der Waals surface area contributed by atoms with Gasteiger partial charge in [0, 0.05) is 31.5 Å². The second-order valence-electron chi connectivity index (χ2n) is 4.14. The van der Waals surface area contributed by atoms with Gasteiger partial charge >= 0.3 is 0 Å². The van der Waals surface area contributed by atoms with Crippen LogP contribution in [0.2, 0.25) is 0 Å². The minimum absolute atomic E-state index is 0.0732. The van der Waals surface area contributed by atoms with Crippen molar-refractivity contribution in [2.24, 2.45) is 5.73 Å². The number of nitrogens with two attached hydrogens (primary N) is 1. The van der Waals surface area contributed by atoms with Crippen LogP contribution < -0.4 is 5.73 Å². The maximum Gasteiger partial charge on any atom is 0.241 e. The van der Waals surface area contributed by atoms with Gasteiger partial charge in [0.05, 0.1) is 6.61 Å². The third kappa shape index (κ3) is 4.11. The van der Waals surface area contributed by atoms with E-state index in [2.05, 4.69) is 6.07 Å². The zero-order chi connectivity index (χ0) is 12.8. The summed E-state index contributed by atoms with van der Waals surface area (Å²) in [5.41, 5.74) is 5.73. The molecule has 4 nitrogen and oxygen atoms in total. The molecule has 0 bridgehead atoms. The van der Waals surface area contributed by atoms with E-state index in [9.17, 15) is 4.79 Å². The molecule has 0 radical (unpaired) electrons. The molecule has 0 aliphatic heterocycles. The normalized spacial score (nSPS) is 14.4. The van der Waals surface area contributed by atoms with Gasteiger partial charge in [-0.05, 0) is 18.4 Å². The number of hydrogen-bond donors (Lipinski definition) is 1. The highest BCUT2D eigenvalue weighted by molar-refractivity contribution is 7.09. The molecule has 2 unspecified atom stereocenters. The zero-order valence-electron chi connectivity index (χ0n) is 10.6. The van der Waals surface area contributed by atoms with Crippen LogP contribution in [0.1, 0.15) is 11.8 Å². The van der Waals surface area contributed by atoms with Gasteiger partial charge in [0.2, 0.25) is 5.91 Å². The third-order valence-corrected chi connectivity index (χ3v) is 3.65. The highest BCUT2D eigenvalue weighted by atomic mass is 32.1. The van der Waals surface area contributed by atoms with Crippen molar-refractivity contribution < 1.29 is 9.53 Å². The van der Waals surface area contributed by atoms with Crippen molar-refractivity contribution in [3.05, 3.63) is 22.4 Å². The van der Waals surface area contributed by atoms with Crippen molar-refractivity contribution in [2.45, 2.75) is 25.4 Å². The van der Waals surface area contributed by atoms with Crippen LogP contribution in [-0.2, 0) is 16.0 Å². The number of ether oxygens (including phenoxy) is 1. The lowest BCUT2D eigenvalue weighted by molar-refractivity contribution is -0.134. The predicted octanol–water partition coefficient (Wildman–Crippen LogP) is 1.11. The predicted molar refractivity (Wildman–Crippen MR) is 70.1 cm³/mol. The van der Waals surface area contributed by atoms with E-state index in [4.69, 9.17) is 10.5 Å². The van der Waals surface area contributed by atoms with Crippen LogP contribution in [0.5, 0.6) is 0 Å². The highest BCUT2D eigenvalue weighted by Gasteiger charge is 2.22. The first-order valence-electron chi connectivity index (χ1n) is 5.59. The molecule has 1 aromatic heterocycles. The minimum Gasteiger partial charge on any atom is -0.383 e. The summed E-state index contributed by atoms with van der Waals surface area (Å²) in [7, 11) is 3.33. The smallest absolute Gasteiger partial charge is 0.241 e. The Morgan fingerprint density at radius 2 is 2.35 bits per heavy atom. The molecule has 1 rings (SSSR count). The Morgan fingerprint density at radius 1 is 1.65 bits per heavy atom. The van der Waals surface area contributed by atoms with Gasteiger partial charge in [-0.1, -0.05) is 6.07 Å². The molecule has 2 N–H and O–H groups in total. The number of thiophene rings is 1. The average molecular weight is 256 g/mol. The minimum atomic E-state index is -0.573. The quantitative estimate of drug-likeness (QED) is 0.829. The number of likely N-dealkylation sites (N-methyl/N-ethyl adjacent to an activating group) is 1. The van der Waals surface area contributed by atoms with Gasteiger partial charge < -0.3 is 15.4 Å². The summed E-state index contributed by atoms with van der Waals surface area (Å²) in [5, 5.41) is 2.04. The van der Waals surface area contributed by atoms with Crippen molar-refractivity contribution in [2.75, 3.05) is 20.8 Å². The van der Waals surface area contributed by atoms with Crippen molar-refractivity contribution >= 4 is 17.2 Å². The molecule has 17 heavy (non-hydrogen) atoms. The van der Waals surface area contributed by atoms with Gasteiger partial charge in [-0.3, -0.25) is 4.79 Å². The number of nitrogens with zero attached hydrogens (tertiary/aromatic N) is 1. The molecule has 1 aromatic rings. The fraction of sp³-hybridized carbons (Fsp3) is 0.583. The second kappa shape index (κ2) is 6.74. The van der Waals surface area contributed by atoms with Crippen molar-refractivity contribution in [1.82, 2.24) is 4.90 Å². The maximum absolute atomic E-state index is 11.9. The summed E-state index contributed by atoms with van der Waals surface area (Å²) in [6.45, 7) is 2.28. The molecule has 96 valence electrons. The molecule has 1 heterocycles. The van der Waals surface area contributed by atoms with Gasteiger partial charge in [-0.25, -0.2) is 0 Å². The lowest BCUT2D eigenvalue weighted by atomic mass is 10.1. The Labute approximate surface area is 106 Å². The Morgan fingerprint density at radius 3 is 2.88 bits per heavy atom. The van der Waals surface area contributed by atoms with Crippen molar-refractivity contribution in [3.63, 3.8) is 0 Å². The fourth-order valence-electron chi connectivity index (χ4n) is 1.59. The van der Waals surface area contributed by atoms with Crippen molar-refractivity contribution in [3.8, 4) is 0 Å². The Bertz CT molecular complexity index is 340. The van der Waals surface area contributed by atoms with E-state index in [0.29, 0.717) is 0 Å². The summed E-state index contributed by atoms with van der Waals surface area (Å²) in [6.07, 6.45) is 0.861. The number of rotatable bonds is 6. The highest BCUT2D eigenvalue weighted by Crippen LogP contribution is 2.13. The zero-order valence-corrected chi connectivity index (χ0v) is 11.4. The first kappa shape index (κ1) is 14.2. The molecule has 5 heteroatoms. The fourth-order valence-corrected chi connectivity index (χ4v) is 2.41. The molecule has 0 aromatic carbocycles. The van der Waals surface area contributed by atoms with Crippen molar-refractivity contribution in [1.29, 1.82) is 0 Å². The number of carbonyl (C=O) groups is 1. The van der Waals surface area contributed by atoms with Gasteiger partial charge in [-0.2, -0.15) is 0 Å². The summed E-state index contributed by atoms with van der Waals surface area (Å²) in [6, 6.07) is 3.67. The van der Waals surface area contributed by atoms with Gasteiger partial charge in [0.1, 0.15) is 6.04 Å². The Hall–Kier alpha value is -0.910. The standard InChI is InChI=1S/C12H20N2O2S/c1-9(7-10-5-4-6-17-10)14(2)12(15)11(13)8-16-3/h4-6,9,11H,7-8,13H2,1-3H3. The molecule has 0 spiro atoms. The lowest BCUT2D eigenvalue weighted by Gasteiger charge is -2.27. The van der Waals surface area contributed by atoms with Crippen LogP contribution in [0.15, 0.2) is 17.5 Å². The summed E-state index contributed by atoms with van der Waals surface area (Å²) < 4.78 is 4.89. The van der Waals surface area contributed by atoms with E-state index >= 15 is 0 Å². The number of methoxy groups -OCH3 is 1. The summed E-state index contributed by atoms with van der Waals surface area (Å²) >= 11 is 1.71. The first-order chi connectivity index (χ1) is 8.06. The number of amides is 1. The van der Waals surface area contributed by atoms with Crippen LogP contribution >= 0.6 is 11.3 Å². The van der Waals surface area contributed by atoms with E-state index in [0.717, 1.165) is 6.42 Å².